The first-order chi connectivity index (χ1) is 11.5. The Morgan fingerprint density at radius 3 is 2.62 bits per heavy atom. The van der Waals surface area contributed by atoms with Gasteiger partial charge in [-0.1, -0.05) is 11.6 Å². The molecule has 0 aliphatic heterocycles. The maximum absolute atomic E-state index is 13.7. The van der Waals surface area contributed by atoms with E-state index in [0.717, 1.165) is 4.90 Å². The molecule has 0 spiro atoms. The maximum Gasteiger partial charge on any atom is 0.250 e. The maximum atomic E-state index is 13.7. The molecule has 1 N–H and O–H groups in total. The van der Waals surface area contributed by atoms with Gasteiger partial charge in [0, 0.05) is 15.5 Å². The van der Waals surface area contributed by atoms with Gasteiger partial charge < -0.3 is 4.74 Å². The van der Waals surface area contributed by atoms with Gasteiger partial charge in [0.2, 0.25) is 5.91 Å². The second-order valence-electron chi connectivity index (χ2n) is 4.82. The molecule has 0 heterocycles. The van der Waals surface area contributed by atoms with Crippen molar-refractivity contribution in [2.75, 3.05) is 12.9 Å². The van der Waals surface area contributed by atoms with Gasteiger partial charge in [-0.25, -0.2) is 9.82 Å². The van der Waals surface area contributed by atoms with Crippen LogP contribution in [-0.2, 0) is 4.79 Å². The van der Waals surface area contributed by atoms with Gasteiger partial charge in [-0.05, 0) is 49.4 Å². The van der Waals surface area contributed by atoms with Crippen molar-refractivity contribution in [1.29, 1.82) is 0 Å². The van der Waals surface area contributed by atoms with Gasteiger partial charge in [0.25, 0.3) is 0 Å². The first-order valence-electron chi connectivity index (χ1n) is 7.05. The minimum atomic E-state index is -0.478. The van der Waals surface area contributed by atoms with Crippen LogP contribution in [0.4, 0.5) is 4.39 Å². The van der Waals surface area contributed by atoms with E-state index in [1.54, 1.807) is 25.1 Å². The Labute approximate surface area is 149 Å². The zero-order valence-electron chi connectivity index (χ0n) is 13.2. The van der Waals surface area contributed by atoms with E-state index in [1.165, 1.54) is 31.0 Å². The zero-order chi connectivity index (χ0) is 17.5. The molecule has 0 aliphatic carbocycles. The lowest BCUT2D eigenvalue weighted by Gasteiger charge is -2.06. The molecule has 0 fully saturated rings. The summed E-state index contributed by atoms with van der Waals surface area (Å²) < 4.78 is 18.5. The van der Waals surface area contributed by atoms with E-state index in [1.807, 2.05) is 12.1 Å². The van der Waals surface area contributed by atoms with E-state index in [0.29, 0.717) is 16.3 Å². The lowest BCUT2D eigenvalue weighted by molar-refractivity contribution is -0.118. The van der Waals surface area contributed by atoms with Crippen LogP contribution in [0.15, 0.2) is 52.5 Å². The van der Waals surface area contributed by atoms with Crippen LogP contribution in [0.2, 0.25) is 5.02 Å². The van der Waals surface area contributed by atoms with E-state index in [9.17, 15) is 9.18 Å². The number of hydrazone groups is 1. The third kappa shape index (κ3) is 5.25. The molecule has 0 aliphatic rings. The first-order valence-corrected chi connectivity index (χ1v) is 8.41. The van der Waals surface area contributed by atoms with Crippen molar-refractivity contribution in [2.45, 2.75) is 11.8 Å². The highest BCUT2D eigenvalue weighted by Crippen LogP contribution is 2.20. The Balaban J connectivity index is 1.90. The highest BCUT2D eigenvalue weighted by Gasteiger charge is 2.07. The van der Waals surface area contributed by atoms with Crippen LogP contribution in [0.5, 0.6) is 5.75 Å². The first kappa shape index (κ1) is 18.3. The van der Waals surface area contributed by atoms with Gasteiger partial charge in [-0.2, -0.15) is 5.10 Å². The van der Waals surface area contributed by atoms with E-state index >= 15 is 0 Å². The van der Waals surface area contributed by atoms with E-state index in [2.05, 4.69) is 10.5 Å². The number of rotatable bonds is 6. The third-order valence-electron chi connectivity index (χ3n) is 3.10. The second kappa shape index (κ2) is 8.70. The molecule has 2 rings (SSSR count). The highest BCUT2D eigenvalue weighted by atomic mass is 35.5. The van der Waals surface area contributed by atoms with Crippen molar-refractivity contribution < 1.29 is 13.9 Å². The fraction of sp³-hybridized carbons (Fsp3) is 0.176. The summed E-state index contributed by atoms with van der Waals surface area (Å²) in [5, 5.41) is 4.64. The molecule has 2 aromatic rings. The number of methoxy groups -OCH3 is 1. The molecule has 4 nitrogen and oxygen atoms in total. The van der Waals surface area contributed by atoms with Gasteiger partial charge in [0.15, 0.2) is 11.6 Å². The van der Waals surface area contributed by atoms with Crippen LogP contribution in [0.25, 0.3) is 0 Å². The zero-order valence-corrected chi connectivity index (χ0v) is 14.7. The number of halogens is 2. The van der Waals surface area contributed by atoms with Crippen LogP contribution in [-0.4, -0.2) is 24.5 Å². The lowest BCUT2D eigenvalue weighted by atomic mass is 10.1. The molecule has 0 saturated heterocycles. The summed E-state index contributed by atoms with van der Waals surface area (Å²) in [7, 11) is 1.40. The molecule has 0 saturated carbocycles. The molecule has 0 aromatic heterocycles. The number of nitrogens with zero attached hydrogens (tertiary/aromatic N) is 1. The summed E-state index contributed by atoms with van der Waals surface area (Å²) in [5.74, 6) is -0.345. The van der Waals surface area contributed by atoms with E-state index in [4.69, 9.17) is 16.3 Å². The highest BCUT2D eigenvalue weighted by molar-refractivity contribution is 8.00. The Morgan fingerprint density at radius 1 is 1.29 bits per heavy atom. The second-order valence-corrected chi connectivity index (χ2v) is 6.31. The Morgan fingerprint density at radius 2 is 2.00 bits per heavy atom. The van der Waals surface area contributed by atoms with E-state index < -0.39 is 5.82 Å². The quantitative estimate of drug-likeness (QED) is 0.475. The number of amides is 1. The largest absolute Gasteiger partial charge is 0.494 e. The number of carbonyl (C=O) groups excluding carboxylic acids is 1. The molecule has 24 heavy (non-hydrogen) atoms. The van der Waals surface area contributed by atoms with Crippen LogP contribution in [0.1, 0.15) is 12.5 Å². The summed E-state index contributed by atoms with van der Waals surface area (Å²) in [6.07, 6.45) is 0. The van der Waals surface area contributed by atoms with Gasteiger partial charge in [-0.3, -0.25) is 4.79 Å². The van der Waals surface area contributed by atoms with Gasteiger partial charge in [0.1, 0.15) is 0 Å². The fourth-order valence-electron chi connectivity index (χ4n) is 1.81. The number of carbonyl (C=O) groups is 1. The fourth-order valence-corrected chi connectivity index (χ4v) is 2.63. The van der Waals surface area contributed by atoms with Gasteiger partial charge in [-0.15, -0.1) is 11.8 Å². The number of benzene rings is 2. The number of ether oxygens (including phenoxy) is 1. The van der Waals surface area contributed by atoms with Crippen molar-refractivity contribution in [2.24, 2.45) is 5.10 Å². The predicted molar refractivity (Wildman–Crippen MR) is 95.5 cm³/mol. The summed E-state index contributed by atoms with van der Waals surface area (Å²) in [6.45, 7) is 1.69. The Kier molecular flexibility index (Phi) is 6.63. The summed E-state index contributed by atoms with van der Waals surface area (Å²) in [5.41, 5.74) is 3.53. The molecule has 0 radical (unpaired) electrons. The van der Waals surface area contributed by atoms with Crippen LogP contribution >= 0.6 is 23.4 Å². The molecule has 0 unspecified atom stereocenters. The Hall–Kier alpha value is -2.05. The number of hydrogen-bond acceptors (Lipinski definition) is 4. The molecule has 2 aromatic carbocycles. The smallest absolute Gasteiger partial charge is 0.250 e. The van der Waals surface area contributed by atoms with Crippen LogP contribution in [0, 0.1) is 5.82 Å². The molecule has 1 amide bonds. The minimum Gasteiger partial charge on any atom is -0.494 e. The minimum absolute atomic E-state index is 0.162. The average molecular weight is 367 g/mol. The summed E-state index contributed by atoms with van der Waals surface area (Å²) in [6, 6.07) is 11.7. The molecule has 0 bridgehead atoms. The third-order valence-corrected chi connectivity index (χ3v) is 4.37. The van der Waals surface area contributed by atoms with Crippen LogP contribution in [0.3, 0.4) is 0 Å². The predicted octanol–water partition coefficient (Wildman–Crippen LogP) is 4.12. The molecular weight excluding hydrogens is 351 g/mol. The summed E-state index contributed by atoms with van der Waals surface area (Å²) in [4.78, 5) is 12.8. The van der Waals surface area contributed by atoms with Gasteiger partial charge >= 0.3 is 0 Å². The molecule has 7 heteroatoms. The normalized spacial score (nSPS) is 11.2. The lowest BCUT2D eigenvalue weighted by Crippen LogP contribution is -2.21. The topological polar surface area (TPSA) is 50.7 Å². The summed E-state index contributed by atoms with van der Waals surface area (Å²) >= 11 is 7.18. The number of nitrogens with one attached hydrogen (secondary N) is 1. The standard InChI is InChI=1S/C17H16ClFN2O2S/c1-11(12-3-8-16(23-2)15(19)9-12)20-21-17(22)10-24-14-6-4-13(18)5-7-14/h3-9H,10H2,1-2H3,(H,21,22)/b20-11-. The van der Waals surface area contributed by atoms with Crippen molar-refractivity contribution in [1.82, 2.24) is 5.43 Å². The van der Waals surface area contributed by atoms with Gasteiger partial charge in [0.05, 0.1) is 18.6 Å². The van der Waals surface area contributed by atoms with Crippen molar-refractivity contribution in [3.05, 3.63) is 58.9 Å². The molecular formula is C17H16ClFN2O2S. The van der Waals surface area contributed by atoms with Crippen molar-refractivity contribution in [3.63, 3.8) is 0 Å². The SMILES string of the molecule is COc1ccc(/C(C)=N\NC(=O)CSc2ccc(Cl)cc2)cc1F. The van der Waals surface area contributed by atoms with Crippen molar-refractivity contribution in [3.8, 4) is 5.75 Å². The average Bonchev–Trinajstić information content (AvgIpc) is 2.59. The molecule has 126 valence electrons. The van der Waals surface area contributed by atoms with Crippen LogP contribution < -0.4 is 10.2 Å². The Bertz CT molecular complexity index is 751. The van der Waals surface area contributed by atoms with E-state index in [-0.39, 0.29) is 17.4 Å². The molecule has 0 atom stereocenters. The van der Waals surface area contributed by atoms with Crippen molar-refractivity contribution >= 4 is 35.0 Å². The number of thioether (sulfide) groups is 1. The monoisotopic (exact) mass is 366 g/mol. The number of hydrogen-bond donors (Lipinski definition) is 1.